The fourth-order valence-corrected chi connectivity index (χ4v) is 1.96. The van der Waals surface area contributed by atoms with Gasteiger partial charge in [0.05, 0.1) is 0 Å². The predicted octanol–water partition coefficient (Wildman–Crippen LogP) is 2.36. The first kappa shape index (κ1) is 13.6. The highest BCUT2D eigenvalue weighted by Gasteiger charge is 2.65. The number of amides is 1. The summed E-state index contributed by atoms with van der Waals surface area (Å²) >= 11 is 0. The molecular weight excluding hydrogens is 271 g/mol. The fraction of sp³-hybridized carbons (Fsp3) is 0.364. The number of anilines is 2. The topological polar surface area (TPSA) is 46.3 Å². The molecule has 1 amide bonds. The normalized spacial score (nSPS) is 15.5. The molecule has 0 aromatic heterocycles. The maximum Gasteiger partial charge on any atom is 0.463 e. The fourth-order valence-electron chi connectivity index (χ4n) is 1.96. The molecule has 1 heterocycles. The number of alkyl halides is 5. The number of hydrogen-bond acceptors (Lipinski definition) is 2. The third kappa shape index (κ3) is 2.00. The molecule has 2 N–H and O–H groups in total. The number of carbonyl (C=O) groups excluding carboxylic acids is 1. The summed E-state index contributed by atoms with van der Waals surface area (Å²) in [7, 11) is 0. The van der Waals surface area contributed by atoms with Crippen molar-refractivity contribution in [2.45, 2.75) is 18.5 Å². The molecule has 0 radical (unpaired) electrons. The molecule has 1 aromatic rings. The van der Waals surface area contributed by atoms with Crippen LogP contribution < -0.4 is 10.6 Å². The SMILES string of the molecule is Nc1cccc2c1CCN2C(=O)C(F)(F)C(F)(F)F. The quantitative estimate of drug-likeness (QED) is 0.634. The highest BCUT2D eigenvalue weighted by molar-refractivity contribution is 6.01. The van der Waals surface area contributed by atoms with Crippen LogP contribution in [0.25, 0.3) is 0 Å². The van der Waals surface area contributed by atoms with Crippen LogP contribution in [-0.2, 0) is 11.2 Å². The molecule has 0 unspecified atom stereocenters. The number of nitrogens with zero attached hydrogens (tertiary/aromatic N) is 1. The number of halogens is 5. The summed E-state index contributed by atoms with van der Waals surface area (Å²) in [4.78, 5) is 11.8. The summed E-state index contributed by atoms with van der Waals surface area (Å²) < 4.78 is 62.6. The van der Waals surface area contributed by atoms with Crippen molar-refractivity contribution in [3.63, 3.8) is 0 Å². The number of nitrogen functional groups attached to an aromatic ring is 1. The van der Waals surface area contributed by atoms with Gasteiger partial charge in [0.25, 0.3) is 0 Å². The van der Waals surface area contributed by atoms with Crippen LogP contribution in [0, 0.1) is 0 Å². The summed E-state index contributed by atoms with van der Waals surface area (Å²) in [6, 6.07) is 4.18. The number of nitrogens with two attached hydrogens (primary N) is 1. The zero-order valence-electron chi connectivity index (χ0n) is 9.47. The van der Waals surface area contributed by atoms with E-state index in [0.29, 0.717) is 10.5 Å². The van der Waals surface area contributed by atoms with Crippen LogP contribution in [0.1, 0.15) is 5.56 Å². The lowest BCUT2D eigenvalue weighted by molar-refractivity contribution is -0.268. The van der Waals surface area contributed by atoms with Crippen molar-refractivity contribution >= 4 is 17.3 Å². The van der Waals surface area contributed by atoms with Gasteiger partial charge in [-0.15, -0.1) is 0 Å². The second kappa shape index (κ2) is 4.07. The molecule has 19 heavy (non-hydrogen) atoms. The molecule has 0 atom stereocenters. The molecule has 0 saturated heterocycles. The molecule has 0 spiro atoms. The average Bonchev–Trinajstić information content (AvgIpc) is 2.71. The lowest BCUT2D eigenvalue weighted by atomic mass is 10.1. The molecule has 104 valence electrons. The summed E-state index contributed by atoms with van der Waals surface area (Å²) in [6.07, 6.45) is -5.76. The third-order valence-corrected chi connectivity index (χ3v) is 2.93. The minimum absolute atomic E-state index is 0.00826. The van der Waals surface area contributed by atoms with Gasteiger partial charge in [0, 0.05) is 23.5 Å². The molecule has 0 saturated carbocycles. The molecule has 8 heteroatoms. The molecule has 1 aliphatic heterocycles. The maximum absolute atomic E-state index is 13.0. The van der Waals surface area contributed by atoms with Crippen molar-refractivity contribution in [3.8, 4) is 0 Å². The monoisotopic (exact) mass is 280 g/mol. The van der Waals surface area contributed by atoms with Gasteiger partial charge in [0.2, 0.25) is 0 Å². The van der Waals surface area contributed by atoms with Gasteiger partial charge in [-0.05, 0) is 18.6 Å². The molecule has 0 bridgehead atoms. The van der Waals surface area contributed by atoms with Gasteiger partial charge >= 0.3 is 18.0 Å². The lowest BCUT2D eigenvalue weighted by Crippen LogP contribution is -2.51. The average molecular weight is 280 g/mol. The van der Waals surface area contributed by atoms with Gasteiger partial charge in [-0.2, -0.15) is 22.0 Å². The van der Waals surface area contributed by atoms with Crippen LogP contribution in [0.2, 0.25) is 0 Å². The van der Waals surface area contributed by atoms with E-state index < -0.39 is 18.0 Å². The van der Waals surface area contributed by atoms with Crippen LogP contribution in [0.15, 0.2) is 18.2 Å². The van der Waals surface area contributed by atoms with Crippen LogP contribution >= 0.6 is 0 Å². The molecule has 1 aliphatic rings. The Balaban J connectivity index is 2.38. The second-order valence-electron chi connectivity index (χ2n) is 4.12. The van der Waals surface area contributed by atoms with E-state index in [-0.39, 0.29) is 24.3 Å². The minimum atomic E-state index is -5.91. The van der Waals surface area contributed by atoms with E-state index >= 15 is 0 Å². The van der Waals surface area contributed by atoms with Crippen molar-refractivity contribution in [1.29, 1.82) is 0 Å². The first-order valence-corrected chi connectivity index (χ1v) is 5.30. The van der Waals surface area contributed by atoms with Crippen LogP contribution in [0.3, 0.4) is 0 Å². The minimum Gasteiger partial charge on any atom is -0.398 e. The van der Waals surface area contributed by atoms with Crippen molar-refractivity contribution in [2.24, 2.45) is 0 Å². The van der Waals surface area contributed by atoms with Gasteiger partial charge in [0.15, 0.2) is 0 Å². The van der Waals surface area contributed by atoms with E-state index in [1.807, 2.05) is 0 Å². The smallest absolute Gasteiger partial charge is 0.398 e. The van der Waals surface area contributed by atoms with Crippen molar-refractivity contribution < 1.29 is 26.7 Å². The standard InChI is InChI=1S/C11H9F5N2O/c12-10(13,11(14,15)16)9(19)18-5-4-6-7(17)2-1-3-8(6)18/h1-3H,4-5,17H2. The van der Waals surface area contributed by atoms with E-state index in [0.717, 1.165) is 0 Å². The highest BCUT2D eigenvalue weighted by atomic mass is 19.4. The summed E-state index contributed by atoms with van der Waals surface area (Å²) in [5, 5.41) is 0. The van der Waals surface area contributed by atoms with E-state index in [2.05, 4.69) is 0 Å². The molecular formula is C11H9F5N2O. The van der Waals surface area contributed by atoms with E-state index in [9.17, 15) is 26.7 Å². The number of rotatable bonds is 1. The van der Waals surface area contributed by atoms with Gasteiger partial charge in [0.1, 0.15) is 0 Å². The molecule has 3 nitrogen and oxygen atoms in total. The second-order valence-corrected chi connectivity index (χ2v) is 4.12. The number of benzene rings is 1. The van der Waals surface area contributed by atoms with Crippen LogP contribution in [0.5, 0.6) is 0 Å². The molecule has 1 aromatic carbocycles. The van der Waals surface area contributed by atoms with Crippen molar-refractivity contribution in [2.75, 3.05) is 17.2 Å². The molecule has 2 rings (SSSR count). The molecule has 0 fully saturated rings. The summed E-state index contributed by atoms with van der Waals surface area (Å²) in [6.45, 7) is -0.242. The van der Waals surface area contributed by atoms with Crippen molar-refractivity contribution in [1.82, 2.24) is 0 Å². The van der Waals surface area contributed by atoms with Crippen LogP contribution in [0.4, 0.5) is 33.3 Å². The first-order valence-electron chi connectivity index (χ1n) is 5.30. The Morgan fingerprint density at radius 1 is 1.21 bits per heavy atom. The van der Waals surface area contributed by atoms with Gasteiger partial charge in [-0.1, -0.05) is 6.07 Å². The Hall–Kier alpha value is -1.86. The predicted molar refractivity (Wildman–Crippen MR) is 57.9 cm³/mol. The largest absolute Gasteiger partial charge is 0.463 e. The zero-order valence-corrected chi connectivity index (χ0v) is 9.47. The van der Waals surface area contributed by atoms with Crippen LogP contribution in [-0.4, -0.2) is 24.6 Å². The van der Waals surface area contributed by atoms with Gasteiger partial charge < -0.3 is 10.6 Å². The lowest BCUT2D eigenvalue weighted by Gasteiger charge is -2.25. The first-order chi connectivity index (χ1) is 8.66. The Morgan fingerprint density at radius 2 is 1.84 bits per heavy atom. The zero-order chi connectivity index (χ0) is 14.4. The Bertz CT molecular complexity index is 526. The summed E-state index contributed by atoms with van der Waals surface area (Å²) in [5.74, 6) is -7.68. The Morgan fingerprint density at radius 3 is 2.42 bits per heavy atom. The van der Waals surface area contributed by atoms with Crippen molar-refractivity contribution in [3.05, 3.63) is 23.8 Å². The number of fused-ring (bicyclic) bond motifs is 1. The Kier molecular flexibility index (Phi) is 2.91. The molecule has 0 aliphatic carbocycles. The van der Waals surface area contributed by atoms with Gasteiger partial charge in [-0.3, -0.25) is 4.79 Å². The number of carbonyl (C=O) groups is 1. The summed E-state index contributed by atoms with van der Waals surface area (Å²) in [5.41, 5.74) is 6.27. The maximum atomic E-state index is 13.0. The van der Waals surface area contributed by atoms with E-state index in [1.165, 1.54) is 18.2 Å². The number of hydrogen-bond donors (Lipinski definition) is 1. The van der Waals surface area contributed by atoms with E-state index in [1.54, 1.807) is 0 Å². The van der Waals surface area contributed by atoms with Gasteiger partial charge in [-0.25, -0.2) is 0 Å². The highest BCUT2D eigenvalue weighted by Crippen LogP contribution is 2.40. The Labute approximate surface area is 104 Å². The third-order valence-electron chi connectivity index (χ3n) is 2.93. The van der Waals surface area contributed by atoms with E-state index in [4.69, 9.17) is 5.73 Å².